The first kappa shape index (κ1) is 27.8. The van der Waals surface area contributed by atoms with Gasteiger partial charge in [0.15, 0.2) is 0 Å². The summed E-state index contributed by atoms with van der Waals surface area (Å²) in [5, 5.41) is 20.7. The first-order valence-electron chi connectivity index (χ1n) is 11.2. The Hall–Kier alpha value is -3.47. The normalized spacial score (nSPS) is 10.6. The Morgan fingerprint density at radius 3 is 1.86 bits per heavy atom. The van der Waals surface area contributed by atoms with Crippen molar-refractivity contribution in [1.82, 2.24) is 49.5 Å². The molecule has 0 spiro atoms. The van der Waals surface area contributed by atoms with Gasteiger partial charge in [-0.05, 0) is 50.3 Å². The second-order valence-electron chi connectivity index (χ2n) is 9.02. The van der Waals surface area contributed by atoms with E-state index in [1.54, 1.807) is 29.3 Å². The number of fused-ring (bicyclic) bond motifs is 1. The summed E-state index contributed by atoms with van der Waals surface area (Å²) < 4.78 is 5.68. The SMILES string of the molecule is Cc1nc2ccccc2n1C.Cc1nccn1C.Cc1nnc(C(C)(C)C)s1.Cc1nnnn1C. The molecule has 0 aliphatic heterocycles. The van der Waals surface area contributed by atoms with Crippen molar-refractivity contribution in [2.24, 2.45) is 21.1 Å². The second kappa shape index (κ2) is 12.3. The second-order valence-corrected chi connectivity index (χ2v) is 10.2. The van der Waals surface area contributed by atoms with Crippen molar-refractivity contribution >= 4 is 22.4 Å². The van der Waals surface area contributed by atoms with Crippen LogP contribution in [0.25, 0.3) is 11.0 Å². The lowest BCUT2D eigenvalue weighted by molar-refractivity contribution is 0.578. The number of imidazole rings is 2. The van der Waals surface area contributed by atoms with E-state index in [4.69, 9.17) is 0 Å². The summed E-state index contributed by atoms with van der Waals surface area (Å²) in [4.78, 5) is 8.35. The largest absolute Gasteiger partial charge is 0.338 e. The summed E-state index contributed by atoms with van der Waals surface area (Å²) in [5.74, 6) is 2.95. The van der Waals surface area contributed by atoms with Crippen molar-refractivity contribution in [3.8, 4) is 0 Å². The molecular formula is C24H36N10S. The first-order valence-corrected chi connectivity index (χ1v) is 12.0. The van der Waals surface area contributed by atoms with Crippen LogP contribution in [0, 0.1) is 27.7 Å². The van der Waals surface area contributed by atoms with Crippen molar-refractivity contribution in [2.45, 2.75) is 53.9 Å². The highest BCUT2D eigenvalue weighted by atomic mass is 32.1. The number of aryl methyl sites for hydroxylation is 7. The van der Waals surface area contributed by atoms with Crippen LogP contribution in [0.1, 0.15) is 48.3 Å². The maximum absolute atomic E-state index is 4.38. The van der Waals surface area contributed by atoms with Gasteiger partial charge in [0, 0.05) is 39.0 Å². The van der Waals surface area contributed by atoms with Crippen molar-refractivity contribution in [3.05, 3.63) is 64.1 Å². The maximum atomic E-state index is 4.38. The van der Waals surface area contributed by atoms with E-state index in [0.717, 1.165) is 33.0 Å². The highest BCUT2D eigenvalue weighted by Gasteiger charge is 2.17. The minimum absolute atomic E-state index is 0.159. The van der Waals surface area contributed by atoms with E-state index < -0.39 is 0 Å². The average Bonchev–Trinajstić information content (AvgIpc) is 3.56. The first-order chi connectivity index (χ1) is 16.4. The number of hydrogen-bond acceptors (Lipinski definition) is 8. The number of tetrazole rings is 1. The summed E-state index contributed by atoms with van der Waals surface area (Å²) >= 11 is 1.67. The molecule has 1 aromatic carbocycles. The predicted octanol–water partition coefficient (Wildman–Crippen LogP) is 4.27. The van der Waals surface area contributed by atoms with Crippen LogP contribution in [0.2, 0.25) is 0 Å². The Bertz CT molecular complexity index is 1250. The van der Waals surface area contributed by atoms with E-state index in [0.29, 0.717) is 0 Å². The zero-order valence-electron chi connectivity index (χ0n) is 22.3. The minimum Gasteiger partial charge on any atom is -0.338 e. The Kier molecular flexibility index (Phi) is 9.76. The molecule has 0 aliphatic carbocycles. The molecule has 4 heterocycles. The fourth-order valence-corrected chi connectivity index (χ4v) is 3.33. The number of para-hydroxylation sites is 2. The molecule has 0 saturated heterocycles. The Morgan fingerprint density at radius 1 is 0.829 bits per heavy atom. The van der Waals surface area contributed by atoms with E-state index in [1.807, 2.05) is 70.8 Å². The molecule has 0 amide bonds. The highest BCUT2D eigenvalue weighted by molar-refractivity contribution is 7.11. The van der Waals surface area contributed by atoms with Gasteiger partial charge in [-0.2, -0.15) is 0 Å². The molecule has 0 aliphatic rings. The van der Waals surface area contributed by atoms with Gasteiger partial charge in [-0.3, -0.25) is 0 Å². The van der Waals surface area contributed by atoms with Gasteiger partial charge in [-0.15, -0.1) is 26.6 Å². The molecule has 0 bridgehead atoms. The Labute approximate surface area is 211 Å². The van der Waals surface area contributed by atoms with Crippen molar-refractivity contribution in [2.75, 3.05) is 0 Å². The molecule has 0 N–H and O–H groups in total. The molecule has 0 radical (unpaired) electrons. The number of hydrogen-bond donors (Lipinski definition) is 0. The number of rotatable bonds is 0. The smallest absolute Gasteiger partial charge is 0.147 e. The van der Waals surface area contributed by atoms with E-state index in [1.165, 1.54) is 5.52 Å². The number of benzene rings is 1. The molecule has 0 atom stereocenters. The van der Waals surface area contributed by atoms with Crippen LogP contribution in [-0.2, 0) is 26.6 Å². The third kappa shape index (κ3) is 8.36. The van der Waals surface area contributed by atoms with Gasteiger partial charge in [0.2, 0.25) is 0 Å². The molecule has 4 aromatic heterocycles. The zero-order valence-corrected chi connectivity index (χ0v) is 23.2. The Balaban J connectivity index is 0.000000168. The van der Waals surface area contributed by atoms with Crippen molar-refractivity contribution in [1.29, 1.82) is 0 Å². The molecular weight excluding hydrogens is 460 g/mol. The van der Waals surface area contributed by atoms with E-state index in [-0.39, 0.29) is 5.41 Å². The van der Waals surface area contributed by atoms with Gasteiger partial charge >= 0.3 is 0 Å². The fraction of sp³-hybridized carbons (Fsp3) is 0.458. The van der Waals surface area contributed by atoms with Gasteiger partial charge in [0.1, 0.15) is 27.5 Å². The molecule has 188 valence electrons. The van der Waals surface area contributed by atoms with Crippen LogP contribution < -0.4 is 0 Å². The van der Waals surface area contributed by atoms with Crippen LogP contribution in [0.4, 0.5) is 0 Å². The summed E-state index contributed by atoms with van der Waals surface area (Å²) in [7, 11) is 5.81. The zero-order chi connectivity index (χ0) is 26.2. The molecule has 0 unspecified atom stereocenters. The third-order valence-corrected chi connectivity index (χ3v) is 6.34. The lowest BCUT2D eigenvalue weighted by Crippen LogP contribution is -2.10. The standard InChI is InChI=1S/C9H10N2.C7H12N2S.C5H8N2.C3H6N4/c1-7-10-8-5-3-4-6-9(8)11(7)2;1-5-8-9-6(10-5)7(2,3)4;1-5-6-3-4-7(5)2;1-3-4-5-6-7(3)2/h3-6H,1-2H3;1-4H3;3-4H,1-2H3;1-2H3. The summed E-state index contributed by atoms with van der Waals surface area (Å²) in [5.41, 5.74) is 2.43. The molecule has 11 heteroatoms. The summed E-state index contributed by atoms with van der Waals surface area (Å²) in [6.45, 7) is 14.2. The Morgan fingerprint density at radius 2 is 1.51 bits per heavy atom. The summed E-state index contributed by atoms with van der Waals surface area (Å²) in [6.07, 6.45) is 3.71. The van der Waals surface area contributed by atoms with Crippen molar-refractivity contribution in [3.63, 3.8) is 0 Å². The van der Waals surface area contributed by atoms with Gasteiger partial charge < -0.3 is 9.13 Å². The predicted molar refractivity (Wildman–Crippen MR) is 140 cm³/mol. The van der Waals surface area contributed by atoms with Gasteiger partial charge in [-0.1, -0.05) is 32.9 Å². The molecule has 0 fully saturated rings. The van der Waals surface area contributed by atoms with Crippen molar-refractivity contribution < 1.29 is 0 Å². The number of aromatic nitrogens is 10. The molecule has 10 nitrogen and oxygen atoms in total. The minimum atomic E-state index is 0.159. The van der Waals surface area contributed by atoms with Gasteiger partial charge in [-0.25, -0.2) is 14.6 Å². The lowest BCUT2D eigenvalue weighted by atomic mass is 9.98. The van der Waals surface area contributed by atoms with E-state index >= 15 is 0 Å². The van der Waals surface area contributed by atoms with Gasteiger partial charge in [0.25, 0.3) is 0 Å². The topological polar surface area (TPSA) is 105 Å². The maximum Gasteiger partial charge on any atom is 0.147 e. The van der Waals surface area contributed by atoms with Crippen LogP contribution in [-0.4, -0.2) is 49.5 Å². The monoisotopic (exact) mass is 496 g/mol. The average molecular weight is 497 g/mol. The van der Waals surface area contributed by atoms with Crippen LogP contribution in [0.15, 0.2) is 36.7 Å². The van der Waals surface area contributed by atoms with E-state index in [9.17, 15) is 0 Å². The van der Waals surface area contributed by atoms with Crippen LogP contribution in [0.5, 0.6) is 0 Å². The molecule has 35 heavy (non-hydrogen) atoms. The summed E-state index contributed by atoms with van der Waals surface area (Å²) in [6, 6.07) is 8.15. The van der Waals surface area contributed by atoms with Crippen LogP contribution in [0.3, 0.4) is 0 Å². The lowest BCUT2D eigenvalue weighted by Gasteiger charge is -2.12. The van der Waals surface area contributed by atoms with Gasteiger partial charge in [0.05, 0.1) is 11.0 Å². The third-order valence-electron chi connectivity index (χ3n) is 5.07. The molecule has 0 saturated carbocycles. The van der Waals surface area contributed by atoms with E-state index in [2.05, 4.69) is 67.1 Å². The quantitative estimate of drug-likeness (QED) is 0.315. The highest BCUT2D eigenvalue weighted by Crippen LogP contribution is 2.24. The molecule has 5 aromatic rings. The van der Waals surface area contributed by atoms with Crippen LogP contribution >= 0.6 is 11.3 Å². The number of nitrogens with zero attached hydrogens (tertiary/aromatic N) is 10. The molecule has 5 rings (SSSR count). The fourth-order valence-electron chi connectivity index (χ4n) is 2.58.